The van der Waals surface area contributed by atoms with Crippen LogP contribution in [0.4, 0.5) is 10.2 Å². The molecule has 2 N–H and O–H groups in total. The predicted octanol–water partition coefficient (Wildman–Crippen LogP) is 3.76. The van der Waals surface area contributed by atoms with Gasteiger partial charge >= 0.3 is 0 Å². The molecule has 33 heavy (non-hydrogen) atoms. The normalized spacial score (nSPS) is 11.9. The van der Waals surface area contributed by atoms with Gasteiger partial charge in [0.1, 0.15) is 18.0 Å². The minimum atomic E-state index is -0.644. The highest BCUT2D eigenvalue weighted by Gasteiger charge is 2.19. The lowest BCUT2D eigenvalue weighted by molar-refractivity contribution is 0.0960. The van der Waals surface area contributed by atoms with Gasteiger partial charge in [0.25, 0.3) is 5.91 Å². The maximum absolute atomic E-state index is 14.3. The maximum atomic E-state index is 14.3. The third-order valence-electron chi connectivity index (χ3n) is 5.44. The van der Waals surface area contributed by atoms with E-state index in [0.717, 1.165) is 35.3 Å². The molecule has 0 spiro atoms. The highest BCUT2D eigenvalue weighted by atomic mass is 19.1. The van der Waals surface area contributed by atoms with Crippen molar-refractivity contribution in [1.82, 2.24) is 30.2 Å². The van der Waals surface area contributed by atoms with Crippen molar-refractivity contribution in [1.29, 1.82) is 0 Å². The number of nitrogens with one attached hydrogen (secondary N) is 2. The summed E-state index contributed by atoms with van der Waals surface area (Å²) >= 11 is 0. The van der Waals surface area contributed by atoms with E-state index in [1.54, 1.807) is 18.5 Å². The Labute approximate surface area is 190 Å². The number of carbonyl (C=O) groups excluding carboxylic acids is 1. The molecule has 0 aliphatic heterocycles. The molecular formula is C24H24FN7O. The van der Waals surface area contributed by atoms with Crippen LogP contribution >= 0.6 is 0 Å². The molecule has 0 saturated carbocycles. The third kappa shape index (κ3) is 4.62. The fraction of sp³-hybridized carbons (Fsp3) is 0.250. The molecule has 0 saturated heterocycles. The lowest BCUT2D eigenvalue weighted by Gasteiger charge is -2.17. The number of nitrogens with zero attached hydrogens (tertiary/aromatic N) is 5. The second-order valence-corrected chi connectivity index (χ2v) is 7.62. The van der Waals surface area contributed by atoms with E-state index in [-0.39, 0.29) is 11.5 Å². The van der Waals surface area contributed by atoms with Crippen molar-refractivity contribution >= 4 is 22.6 Å². The first kappa shape index (κ1) is 22.2. The van der Waals surface area contributed by atoms with E-state index >= 15 is 0 Å². The van der Waals surface area contributed by atoms with Crippen LogP contribution in [0.25, 0.3) is 22.2 Å². The van der Waals surface area contributed by atoms with Gasteiger partial charge in [-0.25, -0.2) is 24.3 Å². The number of pyridine rings is 1. The molecule has 168 valence electrons. The Kier molecular flexibility index (Phi) is 6.48. The summed E-state index contributed by atoms with van der Waals surface area (Å²) < 4.78 is 14.3. The van der Waals surface area contributed by atoms with Crippen LogP contribution in [0.3, 0.4) is 0 Å². The first-order valence-electron chi connectivity index (χ1n) is 10.7. The summed E-state index contributed by atoms with van der Waals surface area (Å²) in [7, 11) is 1.48. The number of amides is 1. The van der Waals surface area contributed by atoms with Gasteiger partial charge in [-0.2, -0.15) is 0 Å². The number of benzene rings is 1. The zero-order chi connectivity index (χ0) is 23.4. The van der Waals surface area contributed by atoms with Crippen molar-refractivity contribution in [3.05, 3.63) is 72.0 Å². The lowest BCUT2D eigenvalue weighted by Crippen LogP contribution is -2.20. The van der Waals surface area contributed by atoms with Gasteiger partial charge in [-0.3, -0.25) is 9.78 Å². The van der Waals surface area contributed by atoms with E-state index in [1.165, 1.54) is 13.4 Å². The largest absolute Gasteiger partial charge is 0.369 e. The van der Waals surface area contributed by atoms with Crippen molar-refractivity contribution in [3.8, 4) is 11.3 Å². The fourth-order valence-corrected chi connectivity index (χ4v) is 3.62. The van der Waals surface area contributed by atoms with E-state index in [0.29, 0.717) is 23.3 Å². The first-order chi connectivity index (χ1) is 16.0. The number of para-hydroxylation sites is 1. The number of carbonyl (C=O) groups is 1. The SMILES string of the molecule is CCc1ncc(-c2cc(NCC(C)c3cccc4c(C(=O)NC)c(F)cnc34)ncn2)cn1. The molecule has 1 atom stereocenters. The average molecular weight is 446 g/mol. The highest BCUT2D eigenvalue weighted by molar-refractivity contribution is 6.06. The van der Waals surface area contributed by atoms with Crippen LogP contribution in [0, 0.1) is 5.82 Å². The predicted molar refractivity (Wildman–Crippen MR) is 124 cm³/mol. The van der Waals surface area contributed by atoms with Gasteiger partial charge in [-0.1, -0.05) is 32.0 Å². The van der Waals surface area contributed by atoms with Crippen molar-refractivity contribution in [2.45, 2.75) is 26.2 Å². The Morgan fingerprint density at radius 1 is 1.09 bits per heavy atom. The van der Waals surface area contributed by atoms with Gasteiger partial charge in [-0.05, 0) is 5.56 Å². The fourth-order valence-electron chi connectivity index (χ4n) is 3.62. The number of aryl methyl sites for hydroxylation is 1. The number of rotatable bonds is 7. The molecule has 4 rings (SSSR count). The highest BCUT2D eigenvalue weighted by Crippen LogP contribution is 2.28. The Balaban J connectivity index is 1.56. The van der Waals surface area contributed by atoms with Crippen molar-refractivity contribution in [2.24, 2.45) is 0 Å². The molecule has 0 aliphatic rings. The number of fused-ring (bicyclic) bond motifs is 1. The number of hydrogen-bond acceptors (Lipinski definition) is 7. The Bertz CT molecular complexity index is 1290. The van der Waals surface area contributed by atoms with Crippen LogP contribution < -0.4 is 10.6 Å². The second kappa shape index (κ2) is 9.64. The van der Waals surface area contributed by atoms with Crippen LogP contribution in [0.15, 0.2) is 49.2 Å². The number of halogens is 1. The van der Waals surface area contributed by atoms with Gasteiger partial charge in [0, 0.05) is 55.3 Å². The summed E-state index contributed by atoms with van der Waals surface area (Å²) in [5.74, 6) is 0.330. The van der Waals surface area contributed by atoms with Gasteiger partial charge in [0.05, 0.1) is 23.0 Å². The van der Waals surface area contributed by atoms with Gasteiger partial charge < -0.3 is 10.6 Å². The van der Waals surface area contributed by atoms with Gasteiger partial charge in [0.15, 0.2) is 5.82 Å². The summed E-state index contributed by atoms with van der Waals surface area (Å²) in [6, 6.07) is 7.30. The Hall–Kier alpha value is -4.01. The zero-order valence-electron chi connectivity index (χ0n) is 18.6. The summed E-state index contributed by atoms with van der Waals surface area (Å²) in [6.07, 6.45) is 6.87. The second-order valence-electron chi connectivity index (χ2n) is 7.62. The Morgan fingerprint density at radius 3 is 2.61 bits per heavy atom. The standard InChI is InChI=1S/C24H24FN7O/c1-4-20-28-10-15(11-29-20)19-8-21(32-13-31-19)27-9-14(2)16-6-5-7-17-22(24(33)26-3)18(25)12-30-23(16)17/h5-8,10-14H,4,9H2,1-3H3,(H,26,33)(H,27,31,32). The topological polar surface area (TPSA) is 106 Å². The lowest BCUT2D eigenvalue weighted by atomic mass is 9.96. The molecule has 0 bridgehead atoms. The molecule has 8 nitrogen and oxygen atoms in total. The summed E-state index contributed by atoms with van der Waals surface area (Å²) in [5, 5.41) is 6.30. The average Bonchev–Trinajstić information content (AvgIpc) is 2.86. The number of hydrogen-bond donors (Lipinski definition) is 2. The molecular weight excluding hydrogens is 421 g/mol. The summed E-state index contributed by atoms with van der Waals surface area (Å²) in [4.78, 5) is 33.8. The molecule has 3 aromatic heterocycles. The van der Waals surface area contributed by atoms with Gasteiger partial charge in [0.2, 0.25) is 0 Å². The minimum absolute atomic E-state index is 0.00117. The number of aromatic nitrogens is 5. The van der Waals surface area contributed by atoms with E-state index in [4.69, 9.17) is 0 Å². The van der Waals surface area contributed by atoms with Gasteiger partial charge in [-0.15, -0.1) is 0 Å². The van der Waals surface area contributed by atoms with Crippen molar-refractivity contribution in [2.75, 3.05) is 18.9 Å². The molecule has 1 amide bonds. The first-order valence-corrected chi connectivity index (χ1v) is 10.7. The van der Waals surface area contributed by atoms with Crippen LogP contribution in [-0.2, 0) is 6.42 Å². The maximum Gasteiger partial charge on any atom is 0.254 e. The molecule has 3 heterocycles. The number of anilines is 1. The van der Waals surface area contributed by atoms with Crippen molar-refractivity contribution in [3.63, 3.8) is 0 Å². The third-order valence-corrected chi connectivity index (χ3v) is 5.44. The zero-order valence-corrected chi connectivity index (χ0v) is 18.6. The molecule has 4 aromatic rings. The van der Waals surface area contributed by atoms with E-state index < -0.39 is 11.7 Å². The summed E-state index contributed by atoms with van der Waals surface area (Å²) in [5.41, 5.74) is 3.04. The molecule has 0 fully saturated rings. The molecule has 1 unspecified atom stereocenters. The minimum Gasteiger partial charge on any atom is -0.369 e. The Morgan fingerprint density at radius 2 is 1.88 bits per heavy atom. The molecule has 0 radical (unpaired) electrons. The van der Waals surface area contributed by atoms with Crippen LogP contribution in [0.1, 0.15) is 41.5 Å². The quantitative estimate of drug-likeness (QED) is 0.446. The van der Waals surface area contributed by atoms with E-state index in [2.05, 4.69) is 35.6 Å². The van der Waals surface area contributed by atoms with Crippen LogP contribution in [0.5, 0.6) is 0 Å². The van der Waals surface area contributed by atoms with Crippen LogP contribution in [0.2, 0.25) is 0 Å². The smallest absolute Gasteiger partial charge is 0.254 e. The summed E-state index contributed by atoms with van der Waals surface area (Å²) in [6.45, 7) is 4.59. The van der Waals surface area contributed by atoms with Crippen molar-refractivity contribution < 1.29 is 9.18 Å². The van der Waals surface area contributed by atoms with Crippen LogP contribution in [-0.4, -0.2) is 44.4 Å². The van der Waals surface area contributed by atoms with E-state index in [9.17, 15) is 9.18 Å². The molecule has 0 aliphatic carbocycles. The molecule has 9 heteroatoms. The molecule has 1 aromatic carbocycles. The monoisotopic (exact) mass is 445 g/mol. The van der Waals surface area contributed by atoms with E-state index in [1.807, 2.05) is 32.0 Å².